The van der Waals surface area contributed by atoms with Gasteiger partial charge in [-0.05, 0) is 24.6 Å². The third kappa shape index (κ3) is 5.19. The normalized spacial score (nSPS) is 10.3. The average molecular weight is 257 g/mol. The Hall–Kier alpha value is -1.07. The highest BCUT2D eigenvalue weighted by Crippen LogP contribution is 2.16. The first-order chi connectivity index (χ1) is 8.13. The van der Waals surface area contributed by atoms with Gasteiger partial charge < -0.3 is 10.1 Å². The second kappa shape index (κ2) is 7.29. The van der Waals surface area contributed by atoms with Gasteiger partial charge in [0.05, 0.1) is 12.4 Å². The van der Waals surface area contributed by atoms with Gasteiger partial charge in [-0.2, -0.15) is 0 Å². The van der Waals surface area contributed by atoms with Crippen molar-refractivity contribution in [3.8, 4) is 0 Å². The predicted octanol–water partition coefficient (Wildman–Crippen LogP) is 2.45. The van der Waals surface area contributed by atoms with E-state index in [9.17, 15) is 9.18 Å². The summed E-state index contributed by atoms with van der Waals surface area (Å²) in [6, 6.07) is 4.34. The number of thioether (sulfide) groups is 1. The first-order valence-corrected chi connectivity index (χ1v) is 6.41. The summed E-state index contributed by atoms with van der Waals surface area (Å²) >= 11 is 1.48. The summed E-state index contributed by atoms with van der Waals surface area (Å²) in [6.07, 6.45) is 0. The van der Waals surface area contributed by atoms with E-state index in [1.54, 1.807) is 13.2 Å². The first kappa shape index (κ1) is 14.0. The van der Waals surface area contributed by atoms with Crippen molar-refractivity contribution in [1.82, 2.24) is 0 Å². The fourth-order valence-corrected chi connectivity index (χ4v) is 1.91. The topological polar surface area (TPSA) is 38.3 Å². The number of carbonyl (C=O) groups excluding carboxylic acids is 1. The Bertz CT molecular complexity index is 385. The predicted molar refractivity (Wildman–Crippen MR) is 69.0 cm³/mol. The summed E-state index contributed by atoms with van der Waals surface area (Å²) in [5, 5.41) is 2.69. The van der Waals surface area contributed by atoms with E-state index >= 15 is 0 Å². The van der Waals surface area contributed by atoms with Gasteiger partial charge in [-0.25, -0.2) is 4.39 Å². The third-order valence-corrected chi connectivity index (χ3v) is 3.06. The molecular formula is C12H16FNO2S. The van der Waals surface area contributed by atoms with Gasteiger partial charge >= 0.3 is 0 Å². The van der Waals surface area contributed by atoms with E-state index in [0.29, 0.717) is 18.0 Å². The molecule has 0 aliphatic heterocycles. The number of rotatable bonds is 6. The number of hydrogen-bond acceptors (Lipinski definition) is 3. The van der Waals surface area contributed by atoms with Crippen molar-refractivity contribution < 1.29 is 13.9 Å². The maximum Gasteiger partial charge on any atom is 0.234 e. The molecule has 1 aromatic carbocycles. The van der Waals surface area contributed by atoms with Crippen LogP contribution in [0.1, 0.15) is 5.56 Å². The summed E-state index contributed by atoms with van der Waals surface area (Å²) in [4.78, 5) is 11.5. The van der Waals surface area contributed by atoms with Gasteiger partial charge in [0.25, 0.3) is 0 Å². The number of amides is 1. The Morgan fingerprint density at radius 3 is 3.00 bits per heavy atom. The van der Waals surface area contributed by atoms with Crippen molar-refractivity contribution in [2.24, 2.45) is 0 Å². The molecule has 0 atom stereocenters. The fourth-order valence-electron chi connectivity index (χ4n) is 1.22. The van der Waals surface area contributed by atoms with Crippen LogP contribution < -0.4 is 5.32 Å². The summed E-state index contributed by atoms with van der Waals surface area (Å²) in [7, 11) is 1.62. The summed E-state index contributed by atoms with van der Waals surface area (Å²) < 4.78 is 17.9. The Labute approximate surface area is 105 Å². The van der Waals surface area contributed by atoms with Crippen LogP contribution in [0, 0.1) is 12.7 Å². The van der Waals surface area contributed by atoms with Crippen molar-refractivity contribution in [2.45, 2.75) is 6.92 Å². The van der Waals surface area contributed by atoms with E-state index in [2.05, 4.69) is 5.32 Å². The van der Waals surface area contributed by atoms with Gasteiger partial charge in [-0.1, -0.05) is 6.07 Å². The summed E-state index contributed by atoms with van der Waals surface area (Å²) in [6.45, 7) is 2.45. The van der Waals surface area contributed by atoms with E-state index < -0.39 is 0 Å². The number of anilines is 1. The zero-order chi connectivity index (χ0) is 12.7. The molecule has 0 saturated heterocycles. The summed E-state index contributed by atoms with van der Waals surface area (Å²) in [5.74, 6) is 0.642. The molecule has 1 rings (SSSR count). The first-order valence-electron chi connectivity index (χ1n) is 5.26. The molecule has 1 amide bonds. The van der Waals surface area contributed by atoms with Crippen LogP contribution in [0.2, 0.25) is 0 Å². The molecule has 0 aliphatic carbocycles. The number of benzene rings is 1. The number of nitrogens with one attached hydrogen (secondary N) is 1. The number of hydrogen-bond donors (Lipinski definition) is 1. The Kier molecular flexibility index (Phi) is 6.00. The van der Waals surface area contributed by atoms with Gasteiger partial charge in [0.15, 0.2) is 0 Å². The van der Waals surface area contributed by atoms with Crippen molar-refractivity contribution in [3.05, 3.63) is 29.6 Å². The Morgan fingerprint density at radius 1 is 1.53 bits per heavy atom. The minimum atomic E-state index is -0.349. The molecule has 0 aliphatic rings. The highest BCUT2D eigenvalue weighted by atomic mass is 32.2. The molecule has 0 heterocycles. The second-order valence-corrected chi connectivity index (χ2v) is 4.66. The zero-order valence-corrected chi connectivity index (χ0v) is 10.8. The molecule has 3 nitrogen and oxygen atoms in total. The minimum absolute atomic E-state index is 0.125. The van der Waals surface area contributed by atoms with Gasteiger partial charge in [0.1, 0.15) is 5.82 Å². The maximum absolute atomic E-state index is 13.0. The number of halogens is 1. The van der Waals surface area contributed by atoms with E-state index in [-0.39, 0.29) is 11.7 Å². The van der Waals surface area contributed by atoms with Crippen LogP contribution in [0.15, 0.2) is 18.2 Å². The average Bonchev–Trinajstić information content (AvgIpc) is 2.29. The van der Waals surface area contributed by atoms with Crippen molar-refractivity contribution in [3.63, 3.8) is 0 Å². The van der Waals surface area contributed by atoms with Crippen molar-refractivity contribution >= 4 is 23.4 Å². The van der Waals surface area contributed by atoms with E-state index in [1.807, 2.05) is 6.92 Å². The summed E-state index contributed by atoms with van der Waals surface area (Å²) in [5.41, 5.74) is 1.38. The molecule has 1 N–H and O–H groups in total. The molecule has 5 heteroatoms. The molecule has 0 fully saturated rings. The SMILES string of the molecule is COCCSCC(=O)Nc1cc(F)ccc1C. The highest BCUT2D eigenvalue weighted by molar-refractivity contribution is 7.99. The van der Waals surface area contributed by atoms with Crippen molar-refractivity contribution in [1.29, 1.82) is 0 Å². The van der Waals surface area contributed by atoms with Gasteiger partial charge in [-0.15, -0.1) is 11.8 Å². The van der Waals surface area contributed by atoms with E-state index in [1.165, 1.54) is 23.9 Å². The molecule has 17 heavy (non-hydrogen) atoms. The Balaban J connectivity index is 2.42. The van der Waals surface area contributed by atoms with Gasteiger partial charge in [0.2, 0.25) is 5.91 Å². The maximum atomic E-state index is 13.0. The van der Waals surface area contributed by atoms with Crippen LogP contribution >= 0.6 is 11.8 Å². The van der Waals surface area contributed by atoms with Crippen LogP contribution in [-0.4, -0.2) is 31.1 Å². The van der Waals surface area contributed by atoms with Crippen LogP contribution in [0.25, 0.3) is 0 Å². The molecule has 0 spiro atoms. The molecular weight excluding hydrogens is 241 g/mol. The highest BCUT2D eigenvalue weighted by Gasteiger charge is 2.05. The largest absolute Gasteiger partial charge is 0.384 e. The fraction of sp³-hybridized carbons (Fsp3) is 0.417. The van der Waals surface area contributed by atoms with Gasteiger partial charge in [-0.3, -0.25) is 4.79 Å². The molecule has 0 radical (unpaired) electrons. The monoisotopic (exact) mass is 257 g/mol. The molecule has 0 bridgehead atoms. The quantitative estimate of drug-likeness (QED) is 0.796. The number of methoxy groups -OCH3 is 1. The van der Waals surface area contributed by atoms with Crippen LogP contribution in [0.4, 0.5) is 10.1 Å². The number of carbonyl (C=O) groups is 1. The molecule has 1 aromatic rings. The lowest BCUT2D eigenvalue weighted by Gasteiger charge is -2.08. The Morgan fingerprint density at radius 2 is 2.29 bits per heavy atom. The minimum Gasteiger partial charge on any atom is -0.384 e. The molecule has 0 aromatic heterocycles. The second-order valence-electron chi connectivity index (χ2n) is 3.55. The lowest BCUT2D eigenvalue weighted by Crippen LogP contribution is -2.15. The smallest absolute Gasteiger partial charge is 0.234 e. The van der Waals surface area contributed by atoms with E-state index in [4.69, 9.17) is 4.74 Å². The molecule has 0 saturated carbocycles. The van der Waals surface area contributed by atoms with E-state index in [0.717, 1.165) is 11.3 Å². The van der Waals surface area contributed by atoms with Crippen LogP contribution in [-0.2, 0) is 9.53 Å². The van der Waals surface area contributed by atoms with Gasteiger partial charge in [0, 0.05) is 18.6 Å². The number of ether oxygens (including phenoxy) is 1. The standard InChI is InChI=1S/C12H16FNO2S/c1-9-3-4-10(13)7-11(9)14-12(15)8-17-6-5-16-2/h3-4,7H,5-6,8H2,1-2H3,(H,14,15). The molecule has 0 unspecified atom stereocenters. The van der Waals surface area contributed by atoms with Crippen LogP contribution in [0.3, 0.4) is 0 Å². The zero-order valence-electron chi connectivity index (χ0n) is 9.96. The van der Waals surface area contributed by atoms with Crippen molar-refractivity contribution in [2.75, 3.05) is 30.5 Å². The van der Waals surface area contributed by atoms with Crippen LogP contribution in [0.5, 0.6) is 0 Å². The lowest BCUT2D eigenvalue weighted by molar-refractivity contribution is -0.113. The lowest BCUT2D eigenvalue weighted by atomic mass is 10.2. The molecule has 94 valence electrons. The number of aryl methyl sites for hydroxylation is 1. The third-order valence-electron chi connectivity index (χ3n) is 2.14.